The molecule has 0 saturated carbocycles. The zero-order valence-electron chi connectivity index (χ0n) is 37.6. The van der Waals surface area contributed by atoms with Crippen molar-refractivity contribution in [3.05, 3.63) is 113 Å². The molecule has 0 spiro atoms. The number of ether oxygens (including phenoxy) is 2. The molecule has 0 atom stereocenters. The van der Waals surface area contributed by atoms with Crippen LogP contribution in [0.15, 0.2) is 91.0 Å². The van der Waals surface area contributed by atoms with E-state index in [2.05, 4.69) is 48.3 Å². The quantitative estimate of drug-likeness (QED) is 0.0207. The van der Waals surface area contributed by atoms with Crippen molar-refractivity contribution >= 4 is 35.6 Å². The number of nitrogens with zero attached hydrogens (tertiary/aromatic N) is 2. The van der Waals surface area contributed by atoms with E-state index in [4.69, 9.17) is 4.74 Å². The fraction of sp³-hybridized carbons (Fsp3) is 0.462. The minimum atomic E-state index is -0.550. The van der Waals surface area contributed by atoms with Gasteiger partial charge in [-0.1, -0.05) is 135 Å². The third kappa shape index (κ3) is 17.4. The Morgan fingerprint density at radius 2 is 1.02 bits per heavy atom. The summed E-state index contributed by atoms with van der Waals surface area (Å²) in [7, 11) is 0. The minimum absolute atomic E-state index is 0.0597. The van der Waals surface area contributed by atoms with E-state index in [1.807, 2.05) is 18.2 Å². The van der Waals surface area contributed by atoms with Crippen LogP contribution < -0.4 is 14.5 Å². The summed E-state index contributed by atoms with van der Waals surface area (Å²) in [4.78, 5) is 50.1. The van der Waals surface area contributed by atoms with Gasteiger partial charge in [0.15, 0.2) is 5.78 Å². The van der Waals surface area contributed by atoms with E-state index in [-0.39, 0.29) is 28.4 Å². The third-order valence-electron chi connectivity index (χ3n) is 10.8. The molecular formula is C52H70N2O8. The molecular weight excluding hydrogens is 781 g/mol. The predicted octanol–water partition coefficient (Wildman–Crippen LogP) is 12.5. The number of rotatable bonds is 26. The topological polar surface area (TPSA) is 134 Å². The first-order valence-corrected chi connectivity index (χ1v) is 22.9. The van der Waals surface area contributed by atoms with Gasteiger partial charge in [-0.3, -0.25) is 9.59 Å². The highest BCUT2D eigenvalue weighted by Gasteiger charge is 2.28. The number of benzene rings is 4. The molecule has 1 heterocycles. The van der Waals surface area contributed by atoms with Gasteiger partial charge in [0.1, 0.15) is 17.2 Å². The van der Waals surface area contributed by atoms with E-state index < -0.39 is 11.9 Å². The van der Waals surface area contributed by atoms with Crippen LogP contribution in [-0.4, -0.2) is 60.6 Å². The highest BCUT2D eigenvalue weighted by molar-refractivity contribution is 6.14. The van der Waals surface area contributed by atoms with Crippen molar-refractivity contribution in [1.82, 2.24) is 0 Å². The Bertz CT molecular complexity index is 1890. The van der Waals surface area contributed by atoms with Crippen LogP contribution in [0.25, 0.3) is 0 Å². The number of phenolic OH excluding ortho intramolecular Hbond substituents is 2. The lowest BCUT2D eigenvalue weighted by Crippen LogP contribution is -2.25. The normalized spacial score (nSPS) is 11.4. The summed E-state index contributed by atoms with van der Waals surface area (Å²) in [5.41, 5.74) is 3.25. The van der Waals surface area contributed by atoms with Gasteiger partial charge in [0.2, 0.25) is 0 Å². The van der Waals surface area contributed by atoms with Gasteiger partial charge in [0, 0.05) is 49.7 Å². The number of hydrogen-bond donors (Lipinski definition) is 2. The lowest BCUT2D eigenvalue weighted by Gasteiger charge is -2.25. The van der Waals surface area contributed by atoms with Crippen molar-refractivity contribution in [1.29, 1.82) is 0 Å². The molecule has 0 saturated heterocycles. The monoisotopic (exact) mass is 851 g/mol. The zero-order chi connectivity index (χ0) is 45.0. The average molecular weight is 851 g/mol. The largest absolute Gasteiger partial charge is 0.508 e. The number of aromatic hydroxyl groups is 2. The number of esters is 2. The summed E-state index contributed by atoms with van der Waals surface area (Å²) in [5.74, 6) is -0.986. The van der Waals surface area contributed by atoms with E-state index in [1.54, 1.807) is 66.7 Å². The standard InChI is InChI=1S/C26H35NO4.C18H31NO.C8H4O3/c1-3-5-7-11-17-27(18-12-8-6-4-2)21-15-16-22(24(29)19-21)26(30)23-13-9-10-14-25(23)31-20-28;1-3-5-7-9-14-19(15-10-8-6-4-2)17-12-11-13-18(20)16-17;9-7-5-3-1-2-4-6(5)8(10)11-7/h9-10,13-16,19-20,29H,3-8,11-12,17-18H2,1-2H3;11-13,16,20H,3-10,14-15H2,1-2H3;1-4H. The van der Waals surface area contributed by atoms with E-state index in [0.29, 0.717) is 23.3 Å². The molecule has 4 aromatic rings. The van der Waals surface area contributed by atoms with Gasteiger partial charge in [0.25, 0.3) is 6.47 Å². The van der Waals surface area contributed by atoms with Crippen molar-refractivity contribution in [2.75, 3.05) is 36.0 Å². The van der Waals surface area contributed by atoms with Crippen molar-refractivity contribution in [3.63, 3.8) is 0 Å². The summed E-state index contributed by atoms with van der Waals surface area (Å²) in [6.07, 6.45) is 19.8. The Labute approximate surface area is 370 Å². The molecule has 10 heteroatoms. The number of ketones is 1. The maximum Gasteiger partial charge on any atom is 0.346 e. The number of fused-ring (bicyclic) bond motifs is 1. The molecule has 0 radical (unpaired) electrons. The fourth-order valence-corrected chi connectivity index (χ4v) is 7.24. The van der Waals surface area contributed by atoms with Gasteiger partial charge in [-0.25, -0.2) is 9.59 Å². The second-order valence-electron chi connectivity index (χ2n) is 15.7. The van der Waals surface area contributed by atoms with E-state index in [0.717, 1.165) is 50.4 Å². The average Bonchev–Trinajstić information content (AvgIpc) is 3.58. The van der Waals surface area contributed by atoms with Gasteiger partial charge < -0.3 is 29.5 Å². The molecule has 4 aromatic carbocycles. The van der Waals surface area contributed by atoms with Crippen LogP contribution in [-0.2, 0) is 9.53 Å². The Morgan fingerprint density at radius 1 is 0.548 bits per heavy atom. The van der Waals surface area contributed by atoms with E-state index in [9.17, 15) is 29.4 Å². The molecule has 5 rings (SSSR count). The molecule has 0 aliphatic carbocycles. The van der Waals surface area contributed by atoms with Crippen molar-refractivity contribution in [3.8, 4) is 17.2 Å². The molecule has 2 N–H and O–H groups in total. The number of anilines is 2. The van der Waals surface area contributed by atoms with Crippen LogP contribution in [0.5, 0.6) is 17.2 Å². The van der Waals surface area contributed by atoms with Gasteiger partial charge in [-0.2, -0.15) is 0 Å². The Balaban J connectivity index is 0.000000279. The Hall–Kier alpha value is -5.64. The van der Waals surface area contributed by atoms with Gasteiger partial charge in [0.05, 0.1) is 22.3 Å². The minimum Gasteiger partial charge on any atom is -0.508 e. The molecule has 0 aromatic heterocycles. The Kier molecular flexibility index (Phi) is 24.2. The third-order valence-corrected chi connectivity index (χ3v) is 10.8. The maximum absolute atomic E-state index is 13.0. The number of phenols is 2. The zero-order valence-corrected chi connectivity index (χ0v) is 37.6. The molecule has 336 valence electrons. The molecule has 0 amide bonds. The SMILES string of the molecule is CCCCCCN(CCCCCC)c1ccc(C(=O)c2ccccc2OC=O)c(O)c1.CCCCCCN(CCCCCC)c1cccc(O)c1.O=C1OC(=O)c2ccccc21. The Morgan fingerprint density at radius 3 is 1.47 bits per heavy atom. The first-order chi connectivity index (χ1) is 30.2. The fourth-order valence-electron chi connectivity index (χ4n) is 7.24. The van der Waals surface area contributed by atoms with Crippen molar-refractivity contribution < 1.29 is 38.9 Å². The molecule has 62 heavy (non-hydrogen) atoms. The molecule has 1 aliphatic heterocycles. The first kappa shape index (κ1) is 50.7. The number of hydrogen-bond acceptors (Lipinski definition) is 10. The summed E-state index contributed by atoms with van der Waals surface area (Å²) in [6, 6.07) is 26.0. The highest BCUT2D eigenvalue weighted by Crippen LogP contribution is 2.30. The molecule has 0 bridgehead atoms. The van der Waals surface area contributed by atoms with E-state index in [1.165, 1.54) is 89.9 Å². The van der Waals surface area contributed by atoms with Crippen LogP contribution in [0.4, 0.5) is 11.4 Å². The van der Waals surface area contributed by atoms with Crippen LogP contribution in [0.3, 0.4) is 0 Å². The smallest absolute Gasteiger partial charge is 0.346 e. The van der Waals surface area contributed by atoms with E-state index >= 15 is 0 Å². The molecule has 1 aliphatic rings. The van der Waals surface area contributed by atoms with Crippen LogP contribution in [0, 0.1) is 0 Å². The van der Waals surface area contributed by atoms with Crippen molar-refractivity contribution in [2.45, 2.75) is 130 Å². The first-order valence-electron chi connectivity index (χ1n) is 22.9. The summed E-state index contributed by atoms with van der Waals surface area (Å²) < 4.78 is 9.27. The number of carbonyl (C=O) groups excluding carboxylic acids is 4. The maximum atomic E-state index is 13.0. The second-order valence-corrected chi connectivity index (χ2v) is 15.7. The lowest BCUT2D eigenvalue weighted by atomic mass is 10.0. The predicted molar refractivity (Wildman–Crippen MR) is 250 cm³/mol. The van der Waals surface area contributed by atoms with Crippen LogP contribution in [0.1, 0.15) is 167 Å². The summed E-state index contributed by atoms with van der Waals surface area (Å²) in [6.45, 7) is 13.3. The number of carbonyl (C=O) groups is 4. The second kappa shape index (κ2) is 29.6. The van der Waals surface area contributed by atoms with Gasteiger partial charge in [-0.15, -0.1) is 0 Å². The molecule has 0 fully saturated rings. The highest BCUT2D eigenvalue weighted by atomic mass is 16.6. The number of cyclic esters (lactones) is 2. The van der Waals surface area contributed by atoms with Gasteiger partial charge >= 0.3 is 11.9 Å². The summed E-state index contributed by atoms with van der Waals surface area (Å²) in [5, 5.41) is 20.3. The molecule has 10 nitrogen and oxygen atoms in total. The van der Waals surface area contributed by atoms with Crippen LogP contribution in [0.2, 0.25) is 0 Å². The number of unbranched alkanes of at least 4 members (excludes halogenated alkanes) is 12. The van der Waals surface area contributed by atoms with Crippen molar-refractivity contribution in [2.24, 2.45) is 0 Å². The molecule has 0 unspecified atom stereocenters. The lowest BCUT2D eigenvalue weighted by molar-refractivity contribution is -0.120. The van der Waals surface area contributed by atoms with Crippen LogP contribution >= 0.6 is 0 Å². The summed E-state index contributed by atoms with van der Waals surface area (Å²) >= 11 is 0. The number of para-hydroxylation sites is 1. The van der Waals surface area contributed by atoms with Gasteiger partial charge in [-0.05, 0) is 74.2 Å².